The molecule has 1 saturated heterocycles. The molecule has 4 heteroatoms. The highest BCUT2D eigenvalue weighted by molar-refractivity contribution is 4.97. The lowest BCUT2D eigenvalue weighted by Crippen LogP contribution is -2.34. The van der Waals surface area contributed by atoms with Crippen LogP contribution in [0.2, 0.25) is 0 Å². The second-order valence-corrected chi connectivity index (χ2v) is 4.75. The van der Waals surface area contributed by atoms with Crippen molar-refractivity contribution < 1.29 is 4.42 Å². The predicted octanol–water partition coefficient (Wildman–Crippen LogP) is 1.01. The van der Waals surface area contributed by atoms with Gasteiger partial charge >= 0.3 is 0 Å². The predicted molar refractivity (Wildman–Crippen MR) is 69.0 cm³/mol. The summed E-state index contributed by atoms with van der Waals surface area (Å²) in [6.07, 6.45) is 3.01. The molecule has 0 bridgehead atoms. The van der Waals surface area contributed by atoms with Crippen molar-refractivity contribution in [2.24, 2.45) is 0 Å². The number of hydrogen-bond acceptors (Lipinski definition) is 4. The van der Waals surface area contributed by atoms with Crippen LogP contribution in [0.4, 0.5) is 0 Å². The summed E-state index contributed by atoms with van der Waals surface area (Å²) in [6.45, 7) is 7.85. The van der Waals surface area contributed by atoms with Crippen LogP contribution in [0.15, 0.2) is 22.8 Å². The fourth-order valence-electron chi connectivity index (χ4n) is 2.19. The van der Waals surface area contributed by atoms with Gasteiger partial charge in [-0.25, -0.2) is 0 Å². The zero-order valence-electron chi connectivity index (χ0n) is 10.7. The summed E-state index contributed by atoms with van der Waals surface area (Å²) in [5.41, 5.74) is 0. The summed E-state index contributed by atoms with van der Waals surface area (Å²) in [5.74, 6) is 1.01. The zero-order valence-corrected chi connectivity index (χ0v) is 10.7. The Hall–Kier alpha value is -0.840. The second kappa shape index (κ2) is 6.79. The van der Waals surface area contributed by atoms with E-state index in [-0.39, 0.29) is 0 Å². The average molecular weight is 237 g/mol. The molecule has 1 aliphatic heterocycles. The van der Waals surface area contributed by atoms with E-state index in [0.29, 0.717) is 0 Å². The lowest BCUT2D eigenvalue weighted by molar-refractivity contribution is 0.274. The largest absolute Gasteiger partial charge is 0.468 e. The monoisotopic (exact) mass is 237 g/mol. The van der Waals surface area contributed by atoms with Crippen LogP contribution in [-0.2, 0) is 6.54 Å². The van der Waals surface area contributed by atoms with Crippen molar-refractivity contribution in [1.82, 2.24) is 15.1 Å². The van der Waals surface area contributed by atoms with Crippen LogP contribution in [0.25, 0.3) is 0 Å². The topological polar surface area (TPSA) is 31.6 Å². The highest BCUT2D eigenvalue weighted by Crippen LogP contribution is 2.01. The minimum atomic E-state index is 0.834. The van der Waals surface area contributed by atoms with Crippen molar-refractivity contribution in [3.63, 3.8) is 0 Å². The molecule has 0 spiro atoms. The number of nitrogens with one attached hydrogen (secondary N) is 1. The Morgan fingerprint density at radius 1 is 1.29 bits per heavy atom. The highest BCUT2D eigenvalue weighted by Gasteiger charge is 2.10. The third-order valence-corrected chi connectivity index (χ3v) is 3.30. The van der Waals surface area contributed by atoms with Gasteiger partial charge in [-0.05, 0) is 38.7 Å². The maximum Gasteiger partial charge on any atom is 0.117 e. The standard InChI is InChI=1S/C13H23N3O/c1-15-6-3-7-16(10-9-15)8-5-14-12-13-4-2-11-17-13/h2,4,11,14H,3,5-10,12H2,1H3. The number of hydrogen-bond donors (Lipinski definition) is 1. The molecule has 0 unspecified atom stereocenters. The SMILES string of the molecule is CN1CCCN(CCNCc2ccco2)CC1. The highest BCUT2D eigenvalue weighted by atomic mass is 16.3. The van der Waals surface area contributed by atoms with Crippen LogP contribution in [0.1, 0.15) is 12.2 Å². The fourth-order valence-corrected chi connectivity index (χ4v) is 2.19. The Balaban J connectivity index is 1.58. The van der Waals surface area contributed by atoms with E-state index in [1.165, 1.54) is 32.6 Å². The first-order valence-electron chi connectivity index (χ1n) is 6.48. The molecule has 0 atom stereocenters. The van der Waals surface area contributed by atoms with Gasteiger partial charge in [0.15, 0.2) is 0 Å². The molecule has 0 aliphatic carbocycles. The van der Waals surface area contributed by atoms with E-state index in [9.17, 15) is 0 Å². The Morgan fingerprint density at radius 3 is 3.06 bits per heavy atom. The molecule has 17 heavy (non-hydrogen) atoms. The molecular weight excluding hydrogens is 214 g/mol. The van der Waals surface area contributed by atoms with Gasteiger partial charge in [-0.1, -0.05) is 0 Å². The van der Waals surface area contributed by atoms with Gasteiger partial charge in [0.25, 0.3) is 0 Å². The molecule has 0 radical (unpaired) electrons. The molecule has 1 fully saturated rings. The van der Waals surface area contributed by atoms with Gasteiger partial charge in [-0.3, -0.25) is 0 Å². The summed E-state index contributed by atoms with van der Waals surface area (Å²) in [6, 6.07) is 3.94. The molecule has 0 aromatic carbocycles. The van der Waals surface area contributed by atoms with Crippen LogP contribution in [-0.4, -0.2) is 56.1 Å². The molecule has 2 rings (SSSR count). The molecule has 2 heterocycles. The molecule has 4 nitrogen and oxygen atoms in total. The van der Waals surface area contributed by atoms with Gasteiger partial charge in [-0.15, -0.1) is 0 Å². The van der Waals surface area contributed by atoms with E-state index in [2.05, 4.69) is 22.2 Å². The number of nitrogens with zero attached hydrogens (tertiary/aromatic N) is 2. The number of likely N-dealkylation sites (N-methyl/N-ethyl adjacent to an activating group) is 1. The third-order valence-electron chi connectivity index (χ3n) is 3.30. The molecule has 1 N–H and O–H groups in total. The molecular formula is C13H23N3O. The minimum absolute atomic E-state index is 0.834. The van der Waals surface area contributed by atoms with Crippen LogP contribution in [0.5, 0.6) is 0 Å². The van der Waals surface area contributed by atoms with Crippen molar-refractivity contribution in [3.05, 3.63) is 24.2 Å². The average Bonchev–Trinajstić information content (AvgIpc) is 2.75. The first-order valence-corrected chi connectivity index (χ1v) is 6.48. The summed E-state index contributed by atoms with van der Waals surface area (Å²) >= 11 is 0. The Kier molecular flexibility index (Phi) is 5.04. The number of furan rings is 1. The van der Waals surface area contributed by atoms with Gasteiger partial charge in [0.05, 0.1) is 12.8 Å². The fraction of sp³-hybridized carbons (Fsp3) is 0.692. The lowest BCUT2D eigenvalue weighted by atomic mass is 10.4. The van der Waals surface area contributed by atoms with Crippen LogP contribution in [0, 0.1) is 0 Å². The summed E-state index contributed by atoms with van der Waals surface area (Å²) in [5, 5.41) is 3.42. The van der Waals surface area contributed by atoms with Crippen LogP contribution >= 0.6 is 0 Å². The van der Waals surface area contributed by atoms with E-state index in [4.69, 9.17) is 4.42 Å². The maximum absolute atomic E-state index is 5.28. The van der Waals surface area contributed by atoms with E-state index in [0.717, 1.165) is 25.4 Å². The van der Waals surface area contributed by atoms with Crippen LogP contribution < -0.4 is 5.32 Å². The van der Waals surface area contributed by atoms with Gasteiger partial charge in [0.1, 0.15) is 5.76 Å². The molecule has 0 saturated carbocycles. The minimum Gasteiger partial charge on any atom is -0.468 e. The number of rotatable bonds is 5. The molecule has 1 aliphatic rings. The third kappa shape index (κ3) is 4.50. The van der Waals surface area contributed by atoms with Crippen molar-refractivity contribution in [2.75, 3.05) is 46.3 Å². The van der Waals surface area contributed by atoms with Gasteiger partial charge < -0.3 is 19.5 Å². The summed E-state index contributed by atoms with van der Waals surface area (Å²) in [7, 11) is 2.21. The Labute approximate surface area is 104 Å². The maximum atomic E-state index is 5.28. The summed E-state index contributed by atoms with van der Waals surface area (Å²) in [4.78, 5) is 4.95. The van der Waals surface area contributed by atoms with E-state index in [1.54, 1.807) is 6.26 Å². The first kappa shape index (κ1) is 12.6. The Morgan fingerprint density at radius 2 is 2.24 bits per heavy atom. The van der Waals surface area contributed by atoms with E-state index >= 15 is 0 Å². The lowest BCUT2D eigenvalue weighted by Gasteiger charge is -2.19. The van der Waals surface area contributed by atoms with E-state index in [1.807, 2.05) is 12.1 Å². The van der Waals surface area contributed by atoms with Crippen molar-refractivity contribution >= 4 is 0 Å². The van der Waals surface area contributed by atoms with Gasteiger partial charge in [0.2, 0.25) is 0 Å². The van der Waals surface area contributed by atoms with Crippen molar-refractivity contribution in [1.29, 1.82) is 0 Å². The molecule has 1 aromatic rings. The second-order valence-electron chi connectivity index (χ2n) is 4.75. The van der Waals surface area contributed by atoms with Crippen LogP contribution in [0.3, 0.4) is 0 Å². The molecule has 0 amide bonds. The Bertz CT molecular complexity index is 300. The van der Waals surface area contributed by atoms with Crippen molar-refractivity contribution in [3.8, 4) is 0 Å². The molecule has 1 aromatic heterocycles. The quantitative estimate of drug-likeness (QED) is 0.775. The van der Waals surface area contributed by atoms with Gasteiger partial charge in [-0.2, -0.15) is 0 Å². The zero-order chi connectivity index (χ0) is 11.9. The smallest absolute Gasteiger partial charge is 0.117 e. The molecule has 96 valence electrons. The van der Waals surface area contributed by atoms with Gasteiger partial charge in [0, 0.05) is 26.2 Å². The first-order chi connectivity index (χ1) is 8.34. The summed E-state index contributed by atoms with van der Waals surface area (Å²) < 4.78 is 5.28. The van der Waals surface area contributed by atoms with Crippen molar-refractivity contribution in [2.45, 2.75) is 13.0 Å². The normalized spacial score (nSPS) is 19.4. The van der Waals surface area contributed by atoms with E-state index < -0.39 is 0 Å².